The highest BCUT2D eigenvalue weighted by molar-refractivity contribution is 9.08. The molecule has 1 rings (SSSR count). The first kappa shape index (κ1) is 16.4. The maximum absolute atomic E-state index is 11.5. The van der Waals surface area contributed by atoms with E-state index >= 15 is 0 Å². The van der Waals surface area contributed by atoms with Gasteiger partial charge in [-0.25, -0.2) is 4.98 Å². The lowest BCUT2D eigenvalue weighted by Gasteiger charge is -1.89. The van der Waals surface area contributed by atoms with Crippen LogP contribution in [0.1, 0.15) is 36.7 Å². The first-order valence-corrected chi connectivity index (χ1v) is 6.71. The summed E-state index contributed by atoms with van der Waals surface area (Å²) in [4.78, 5) is 15.4. The molecule has 0 radical (unpaired) electrons. The molecule has 0 unspecified atom stereocenters. The fourth-order valence-electron chi connectivity index (χ4n) is 0.950. The van der Waals surface area contributed by atoms with Crippen LogP contribution in [0.5, 0.6) is 0 Å². The number of oxazole rings is 1. The SMILES string of the molecule is C#C/C=C\C=C/CC(=O)c1ncc(CBr)o1.CC. The van der Waals surface area contributed by atoms with E-state index in [1.165, 1.54) is 6.20 Å². The first-order chi connectivity index (χ1) is 8.77. The van der Waals surface area contributed by atoms with Gasteiger partial charge in [0, 0.05) is 6.42 Å². The fourth-order valence-corrected chi connectivity index (χ4v) is 1.21. The van der Waals surface area contributed by atoms with E-state index < -0.39 is 0 Å². The topological polar surface area (TPSA) is 43.1 Å². The van der Waals surface area contributed by atoms with Gasteiger partial charge in [-0.3, -0.25) is 4.79 Å². The van der Waals surface area contributed by atoms with Crippen molar-refractivity contribution < 1.29 is 9.21 Å². The third-order valence-corrected chi connectivity index (χ3v) is 2.22. The highest BCUT2D eigenvalue weighted by atomic mass is 79.9. The number of ketones is 1. The molecule has 4 heteroatoms. The van der Waals surface area contributed by atoms with E-state index in [1.807, 2.05) is 13.8 Å². The number of hydrogen-bond donors (Lipinski definition) is 0. The molecule has 0 saturated heterocycles. The van der Waals surface area contributed by atoms with Gasteiger partial charge in [-0.1, -0.05) is 53.9 Å². The molecule has 96 valence electrons. The summed E-state index contributed by atoms with van der Waals surface area (Å²) in [6.07, 6.45) is 13.4. The number of terminal acetylenes is 1. The predicted octanol–water partition coefficient (Wildman–Crippen LogP) is 3.91. The summed E-state index contributed by atoms with van der Waals surface area (Å²) >= 11 is 3.21. The molecule has 1 aromatic heterocycles. The Morgan fingerprint density at radius 2 is 2.28 bits per heavy atom. The average Bonchev–Trinajstić information content (AvgIpc) is 2.89. The molecule has 0 spiro atoms. The molecule has 1 heterocycles. The molecule has 0 aromatic carbocycles. The van der Waals surface area contributed by atoms with Crippen LogP contribution >= 0.6 is 15.9 Å². The van der Waals surface area contributed by atoms with Gasteiger partial charge in [-0.05, 0) is 6.08 Å². The number of alkyl halides is 1. The molecule has 3 nitrogen and oxygen atoms in total. The van der Waals surface area contributed by atoms with E-state index in [1.54, 1.807) is 24.3 Å². The third kappa shape index (κ3) is 6.21. The zero-order chi connectivity index (χ0) is 13.8. The maximum Gasteiger partial charge on any atom is 0.263 e. The van der Waals surface area contributed by atoms with Gasteiger partial charge in [-0.2, -0.15) is 0 Å². The summed E-state index contributed by atoms with van der Waals surface area (Å²) in [6, 6.07) is 0. The van der Waals surface area contributed by atoms with Crippen molar-refractivity contribution in [3.05, 3.63) is 42.2 Å². The Labute approximate surface area is 116 Å². The van der Waals surface area contributed by atoms with Crippen molar-refractivity contribution >= 4 is 21.7 Å². The molecule has 1 aromatic rings. The standard InChI is InChI=1S/C12H10BrNO2.C2H6/c1-2-3-4-5-6-7-11(15)12-14-9-10(8-13)16-12;1-2/h1,3-6,9H,7-8H2;1-2H3/b4-3-,6-5-;. The number of hydrogen-bond acceptors (Lipinski definition) is 3. The Kier molecular flexibility index (Phi) is 9.61. The zero-order valence-electron chi connectivity index (χ0n) is 10.5. The Morgan fingerprint density at radius 3 is 2.83 bits per heavy atom. The highest BCUT2D eigenvalue weighted by Crippen LogP contribution is 2.09. The smallest absolute Gasteiger partial charge is 0.263 e. The summed E-state index contributed by atoms with van der Waals surface area (Å²) < 4.78 is 5.18. The monoisotopic (exact) mass is 309 g/mol. The van der Waals surface area contributed by atoms with E-state index in [0.717, 1.165) is 0 Å². The minimum Gasteiger partial charge on any atom is -0.438 e. The van der Waals surface area contributed by atoms with Crippen molar-refractivity contribution in [2.24, 2.45) is 0 Å². The van der Waals surface area contributed by atoms with Gasteiger partial charge in [0.05, 0.1) is 11.5 Å². The summed E-state index contributed by atoms with van der Waals surface area (Å²) in [7, 11) is 0. The molecule has 0 N–H and O–H groups in total. The van der Waals surface area contributed by atoms with Gasteiger partial charge >= 0.3 is 0 Å². The van der Waals surface area contributed by atoms with Gasteiger partial charge in [0.1, 0.15) is 5.76 Å². The molecule has 0 aliphatic carbocycles. The Hall–Kier alpha value is -1.60. The summed E-state index contributed by atoms with van der Waals surface area (Å²) in [5.41, 5.74) is 0. The van der Waals surface area contributed by atoms with Crippen LogP contribution in [0.2, 0.25) is 0 Å². The fraction of sp³-hybridized carbons (Fsp3) is 0.286. The van der Waals surface area contributed by atoms with Crippen LogP contribution in [0, 0.1) is 12.3 Å². The van der Waals surface area contributed by atoms with Gasteiger partial charge in [-0.15, -0.1) is 6.42 Å². The summed E-state index contributed by atoms with van der Waals surface area (Å²) in [5, 5.41) is 0.550. The van der Waals surface area contributed by atoms with Crippen LogP contribution in [-0.2, 0) is 5.33 Å². The number of carbonyl (C=O) groups is 1. The van der Waals surface area contributed by atoms with Gasteiger partial charge in [0.15, 0.2) is 0 Å². The van der Waals surface area contributed by atoms with Crippen molar-refractivity contribution in [1.82, 2.24) is 4.98 Å². The summed E-state index contributed by atoms with van der Waals surface area (Å²) in [6.45, 7) is 4.00. The molecular weight excluding hydrogens is 294 g/mol. The molecule has 0 amide bonds. The number of carbonyl (C=O) groups excluding carboxylic acids is 1. The number of allylic oxidation sites excluding steroid dienone is 4. The molecule has 18 heavy (non-hydrogen) atoms. The lowest BCUT2D eigenvalue weighted by atomic mass is 10.2. The van der Waals surface area contributed by atoms with Crippen LogP contribution in [0.25, 0.3) is 0 Å². The lowest BCUT2D eigenvalue weighted by Crippen LogP contribution is -1.96. The van der Waals surface area contributed by atoms with Crippen LogP contribution in [0.15, 0.2) is 34.9 Å². The van der Waals surface area contributed by atoms with Crippen molar-refractivity contribution in [3.63, 3.8) is 0 Å². The highest BCUT2D eigenvalue weighted by Gasteiger charge is 2.10. The average molecular weight is 310 g/mol. The number of aromatic nitrogens is 1. The van der Waals surface area contributed by atoms with Crippen molar-refractivity contribution in [2.45, 2.75) is 25.6 Å². The van der Waals surface area contributed by atoms with Gasteiger partial charge in [0.25, 0.3) is 5.89 Å². The van der Waals surface area contributed by atoms with Crippen molar-refractivity contribution in [1.29, 1.82) is 0 Å². The second-order valence-corrected chi connectivity index (χ2v) is 3.41. The minimum absolute atomic E-state index is 0.139. The molecule has 0 saturated carbocycles. The maximum atomic E-state index is 11.5. The van der Waals surface area contributed by atoms with Crippen LogP contribution in [0.3, 0.4) is 0 Å². The Balaban J connectivity index is 0.00000137. The lowest BCUT2D eigenvalue weighted by molar-refractivity contribution is 0.0961. The van der Waals surface area contributed by atoms with E-state index in [4.69, 9.17) is 10.8 Å². The Bertz CT molecular complexity index is 453. The quantitative estimate of drug-likeness (QED) is 0.358. The van der Waals surface area contributed by atoms with Crippen LogP contribution in [-0.4, -0.2) is 10.8 Å². The first-order valence-electron chi connectivity index (χ1n) is 5.59. The normalized spacial score (nSPS) is 10.1. The van der Waals surface area contributed by atoms with Crippen molar-refractivity contribution in [3.8, 4) is 12.3 Å². The van der Waals surface area contributed by atoms with E-state index in [0.29, 0.717) is 11.1 Å². The van der Waals surface area contributed by atoms with Gasteiger partial charge in [0.2, 0.25) is 5.78 Å². The molecule has 0 aliphatic rings. The Morgan fingerprint density at radius 1 is 1.56 bits per heavy atom. The van der Waals surface area contributed by atoms with E-state index in [9.17, 15) is 4.79 Å². The minimum atomic E-state index is -0.155. The van der Waals surface area contributed by atoms with Crippen LogP contribution < -0.4 is 0 Å². The van der Waals surface area contributed by atoms with E-state index in [-0.39, 0.29) is 18.1 Å². The van der Waals surface area contributed by atoms with Crippen LogP contribution in [0.4, 0.5) is 0 Å². The van der Waals surface area contributed by atoms with E-state index in [2.05, 4.69) is 26.8 Å². The molecule has 0 bridgehead atoms. The number of rotatable bonds is 5. The summed E-state index contributed by atoms with van der Waals surface area (Å²) in [5.74, 6) is 2.97. The number of Topliss-reactive ketones (excluding diaryl/α,β-unsaturated/α-hetero) is 1. The molecule has 0 atom stereocenters. The predicted molar refractivity (Wildman–Crippen MR) is 76.5 cm³/mol. The molecule has 0 aliphatic heterocycles. The zero-order valence-corrected chi connectivity index (χ0v) is 12.1. The molecular formula is C14H16BrNO2. The van der Waals surface area contributed by atoms with Crippen molar-refractivity contribution in [2.75, 3.05) is 0 Å². The second-order valence-electron chi connectivity index (χ2n) is 2.85. The third-order valence-electron chi connectivity index (χ3n) is 1.67. The number of nitrogens with zero attached hydrogens (tertiary/aromatic N) is 1. The number of halogens is 1. The second kappa shape index (κ2) is 10.5. The van der Waals surface area contributed by atoms with Gasteiger partial charge < -0.3 is 4.42 Å². The largest absolute Gasteiger partial charge is 0.438 e. The molecule has 0 fully saturated rings.